The van der Waals surface area contributed by atoms with Gasteiger partial charge in [0.25, 0.3) is 0 Å². The first-order valence-corrected chi connectivity index (χ1v) is 29.0. The fourth-order valence-electron chi connectivity index (χ4n) is 16.3. The van der Waals surface area contributed by atoms with E-state index in [0.717, 1.165) is 51.7 Å². The van der Waals surface area contributed by atoms with Gasteiger partial charge < -0.3 is 61.6 Å². The molecule has 0 radical (unpaired) electrons. The zero-order valence-electron chi connectivity index (χ0n) is 47.7. The summed E-state index contributed by atoms with van der Waals surface area (Å²) in [6.07, 6.45) is -4.37. The number of carbonyl (C=O) groups excluding carboxylic acids is 5. The van der Waals surface area contributed by atoms with E-state index in [2.05, 4.69) is 46.7 Å². The van der Waals surface area contributed by atoms with Gasteiger partial charge in [0.2, 0.25) is 0 Å². The molecular weight excluding hydrogens is 1120 g/mol. The van der Waals surface area contributed by atoms with Gasteiger partial charge in [-0.15, -0.1) is 0 Å². The van der Waals surface area contributed by atoms with Gasteiger partial charge in [-0.1, -0.05) is 32.9 Å². The van der Waals surface area contributed by atoms with E-state index < -0.39 is 65.3 Å². The zero-order chi connectivity index (χ0) is 60.6. The number of fused-ring (bicyclic) bond motifs is 5. The van der Waals surface area contributed by atoms with E-state index in [9.17, 15) is 50.3 Å². The zero-order valence-corrected chi connectivity index (χ0v) is 47.7. The third kappa shape index (κ3) is 11.0. The van der Waals surface area contributed by atoms with Crippen molar-refractivity contribution < 1.29 is 112 Å². The van der Waals surface area contributed by atoms with Gasteiger partial charge in [-0.25, -0.2) is 24.0 Å². The summed E-state index contributed by atoms with van der Waals surface area (Å²) < 4.78 is 146. The lowest BCUT2D eigenvalue weighted by atomic mass is 9.80. The van der Waals surface area contributed by atoms with Crippen LogP contribution in [0.1, 0.15) is 86.5 Å². The molecule has 11 aliphatic heterocycles. The second kappa shape index (κ2) is 22.2. The summed E-state index contributed by atoms with van der Waals surface area (Å²) >= 11 is 0. The molecular formula is C60H74F6O18. The van der Waals surface area contributed by atoms with Crippen molar-refractivity contribution in [3.8, 4) is 0 Å². The Labute approximate surface area is 482 Å². The van der Waals surface area contributed by atoms with Crippen molar-refractivity contribution in [1.82, 2.24) is 0 Å². The maximum absolute atomic E-state index is 12.4. The summed E-state index contributed by atoms with van der Waals surface area (Å²) in [4.78, 5) is 57.0. The molecule has 11 heterocycles. The molecule has 0 aromatic rings. The molecule has 15 aliphatic rings. The van der Waals surface area contributed by atoms with Crippen molar-refractivity contribution in [2.45, 2.75) is 208 Å². The molecule has 18 nitrogen and oxygen atoms in total. The van der Waals surface area contributed by atoms with Gasteiger partial charge in [-0.3, -0.25) is 0 Å². The van der Waals surface area contributed by atoms with Crippen molar-refractivity contribution in [3.05, 3.63) is 61.3 Å². The van der Waals surface area contributed by atoms with Crippen LogP contribution < -0.4 is 0 Å². The number of hydrogen-bond acceptors (Lipinski definition) is 18. The molecule has 0 aromatic heterocycles. The monoisotopic (exact) mass is 1200 g/mol. The minimum atomic E-state index is -4.78. The highest BCUT2D eigenvalue weighted by Crippen LogP contribution is 2.61. The number of alkyl halides is 6. The smallest absolute Gasteiger partial charge is 0.422 e. The normalized spacial score (nSPS) is 43.9. The predicted octanol–water partition coefficient (Wildman–Crippen LogP) is 7.29. The highest BCUT2D eigenvalue weighted by Gasteiger charge is 2.68. The van der Waals surface area contributed by atoms with E-state index in [4.69, 9.17) is 61.6 Å². The summed E-state index contributed by atoms with van der Waals surface area (Å²) in [5.41, 5.74) is -2.51. The summed E-state index contributed by atoms with van der Waals surface area (Å²) in [5.74, 6) is 0.145. The van der Waals surface area contributed by atoms with Crippen LogP contribution in [0, 0.1) is 53.3 Å². The highest BCUT2D eigenvalue weighted by atomic mass is 19.4. The molecule has 0 spiro atoms. The van der Waals surface area contributed by atoms with Crippen LogP contribution in [0.2, 0.25) is 0 Å². The summed E-state index contributed by atoms with van der Waals surface area (Å²) in [7, 11) is 0. The third-order valence-corrected chi connectivity index (χ3v) is 20.2. The summed E-state index contributed by atoms with van der Waals surface area (Å²) in [6.45, 7) is 29.7. The molecule has 11 saturated heterocycles. The topological polar surface area (TPSA) is 205 Å². The standard InChI is InChI=1S/C14H20O3.C13H15F3O4.C12H13F3O3.C11H14O4.C10H12O4/c1-7(2)13(15)16-11-8-5-9-10(6-8)14(3,4)17-12(9)11;1-5(13(14,15)16)11(17)19-9-7-4-6-8(18-7)10(9)20-12(6,2)3;1-5(12(13,14)15)11(16)18-9-6-2-7-4-17-10(9)8(7)3-6;1-5(2)11(12)15-9-7-3-6-4-13-10(9)8(6)14-7;1-2-7(11)14-9-6-3-5-4-12-10(9)8(5)13-6/h8-12H,1,5-6H2,2-4H3;6-10H,1,4H2,2-3H3;6-10H,1-4H2;6-10H,1,3-4H2,2H3;2,5-6,8-10H,1,3-4H2. The second-order valence-corrected chi connectivity index (χ2v) is 26.3. The second-order valence-electron chi connectivity index (χ2n) is 26.3. The van der Waals surface area contributed by atoms with Gasteiger partial charge in [-0.2, -0.15) is 26.3 Å². The minimum Gasteiger partial charge on any atom is -0.456 e. The first kappa shape index (κ1) is 61.0. The molecule has 0 N–H and O–H groups in total. The molecule has 15 fully saturated rings. The first-order chi connectivity index (χ1) is 39.3. The Bertz CT molecular complexity index is 2700. The van der Waals surface area contributed by atoms with Crippen LogP contribution in [0.25, 0.3) is 0 Å². The molecule has 24 heteroatoms. The number of esters is 5. The lowest BCUT2D eigenvalue weighted by Crippen LogP contribution is -2.41. The van der Waals surface area contributed by atoms with Crippen LogP contribution >= 0.6 is 0 Å². The first-order valence-electron chi connectivity index (χ1n) is 29.0. The molecule has 464 valence electrons. The van der Waals surface area contributed by atoms with Gasteiger partial charge in [0.05, 0.1) is 79.9 Å². The van der Waals surface area contributed by atoms with Crippen molar-refractivity contribution in [2.75, 3.05) is 19.8 Å². The van der Waals surface area contributed by atoms with Gasteiger partial charge in [0.15, 0.2) is 18.3 Å². The third-order valence-electron chi connectivity index (χ3n) is 20.2. The molecule has 4 saturated carbocycles. The fourth-order valence-corrected chi connectivity index (χ4v) is 16.3. The molecule has 25 atom stereocenters. The largest absolute Gasteiger partial charge is 0.456 e. The van der Waals surface area contributed by atoms with Gasteiger partial charge >= 0.3 is 42.2 Å². The Hall–Kier alpha value is -4.69. The van der Waals surface area contributed by atoms with E-state index in [-0.39, 0.29) is 109 Å². The molecule has 15 rings (SSSR count). The highest BCUT2D eigenvalue weighted by molar-refractivity contribution is 5.90. The Kier molecular flexibility index (Phi) is 16.1. The van der Waals surface area contributed by atoms with E-state index >= 15 is 0 Å². The molecule has 0 amide bonds. The van der Waals surface area contributed by atoms with Crippen molar-refractivity contribution in [1.29, 1.82) is 0 Å². The van der Waals surface area contributed by atoms with Crippen LogP contribution in [0.3, 0.4) is 0 Å². The van der Waals surface area contributed by atoms with Gasteiger partial charge in [0.1, 0.15) is 41.7 Å². The Morgan fingerprint density at radius 1 is 0.440 bits per heavy atom. The van der Waals surface area contributed by atoms with Crippen molar-refractivity contribution in [3.63, 3.8) is 0 Å². The molecule has 10 bridgehead atoms. The quantitative estimate of drug-likeness (QED) is 0.0911. The number of rotatable bonds is 10. The Morgan fingerprint density at radius 2 is 0.857 bits per heavy atom. The number of halogens is 6. The molecule has 84 heavy (non-hydrogen) atoms. The number of ether oxygens (including phenoxy) is 13. The van der Waals surface area contributed by atoms with Crippen LogP contribution in [0.5, 0.6) is 0 Å². The van der Waals surface area contributed by atoms with E-state index in [1.807, 2.05) is 13.8 Å². The Morgan fingerprint density at radius 3 is 1.40 bits per heavy atom. The predicted molar refractivity (Wildman–Crippen MR) is 276 cm³/mol. The average molecular weight is 1200 g/mol. The van der Waals surface area contributed by atoms with Crippen LogP contribution in [0.15, 0.2) is 61.3 Å². The SMILES string of the molecule is C=C(C(=O)OC1C2CC3C(O2)C1OC3(C)C)C(F)(F)F.C=C(C(=O)OC1C2CC3COC1C3C2)C(F)(F)F.C=C(C)C(=O)OC1C2CC3C1OC(C)(C)C3C2.C=C(C)C(=O)OC1C2CC3COC1C3O2.C=CC(=O)OC1C2CC3COC1C3O2. The number of hydrogen-bond donors (Lipinski definition) is 0. The van der Waals surface area contributed by atoms with Gasteiger partial charge in [-0.05, 0) is 122 Å². The van der Waals surface area contributed by atoms with E-state index in [1.54, 1.807) is 13.8 Å². The van der Waals surface area contributed by atoms with Crippen molar-refractivity contribution in [2.24, 2.45) is 53.3 Å². The average Bonchev–Trinajstić information content (AvgIpc) is 1.79. The maximum atomic E-state index is 12.4. The summed E-state index contributed by atoms with van der Waals surface area (Å²) in [5, 5.41) is 0. The maximum Gasteiger partial charge on any atom is 0.422 e. The minimum absolute atomic E-state index is 0.0378. The fraction of sp³-hybridized carbons (Fsp3) is 0.750. The lowest BCUT2D eigenvalue weighted by molar-refractivity contribution is -0.164. The van der Waals surface area contributed by atoms with Crippen LogP contribution in [0.4, 0.5) is 26.3 Å². The van der Waals surface area contributed by atoms with E-state index in [1.165, 1.54) is 6.08 Å². The molecule has 4 aliphatic carbocycles. The lowest BCUT2D eigenvalue weighted by Gasteiger charge is -2.26. The molecule has 0 aromatic carbocycles. The van der Waals surface area contributed by atoms with Crippen LogP contribution in [-0.2, 0) is 85.6 Å². The summed E-state index contributed by atoms with van der Waals surface area (Å²) in [6, 6.07) is 0. The van der Waals surface area contributed by atoms with E-state index in [0.29, 0.717) is 65.6 Å². The molecule has 25 unspecified atom stereocenters. The van der Waals surface area contributed by atoms with Crippen LogP contribution in [-0.4, -0.2) is 171 Å². The number of carbonyl (C=O) groups is 5. The Balaban J connectivity index is 0.000000110. The van der Waals surface area contributed by atoms with Gasteiger partial charge in [0, 0.05) is 35.0 Å². The van der Waals surface area contributed by atoms with Crippen molar-refractivity contribution >= 4 is 29.8 Å².